The van der Waals surface area contributed by atoms with E-state index < -0.39 is 6.09 Å². The predicted molar refractivity (Wildman–Crippen MR) is 126 cm³/mol. The molecule has 0 aliphatic rings. The lowest BCUT2D eigenvalue weighted by molar-refractivity contribution is 0.0964. The van der Waals surface area contributed by atoms with Crippen LogP contribution in [0.25, 0.3) is 33.5 Å². The topological polar surface area (TPSA) is 134 Å². The van der Waals surface area contributed by atoms with Crippen LogP contribution in [0, 0.1) is 0 Å². The van der Waals surface area contributed by atoms with Crippen molar-refractivity contribution in [3.05, 3.63) is 54.4 Å². The minimum Gasteiger partial charge on any atom is -0.450 e. The molecule has 33 heavy (non-hydrogen) atoms. The van der Waals surface area contributed by atoms with Crippen molar-refractivity contribution in [2.24, 2.45) is 0 Å². The van der Waals surface area contributed by atoms with Gasteiger partial charge in [-0.3, -0.25) is 10.1 Å². The number of anilines is 2. The molecule has 0 unspecified atom stereocenters. The van der Waals surface area contributed by atoms with Crippen molar-refractivity contribution in [1.29, 1.82) is 0 Å². The number of rotatable bonds is 6. The summed E-state index contributed by atoms with van der Waals surface area (Å²) >= 11 is 0. The fourth-order valence-electron chi connectivity index (χ4n) is 3.48. The van der Waals surface area contributed by atoms with E-state index in [1.54, 1.807) is 39.5 Å². The molecule has 4 aromatic rings. The molecule has 4 rings (SSSR count). The number of aromatic amines is 1. The number of carbonyl (C=O) groups excluding carboxylic acids is 2. The molecule has 0 spiro atoms. The summed E-state index contributed by atoms with van der Waals surface area (Å²) in [5.41, 5.74) is 4.81. The van der Waals surface area contributed by atoms with Crippen LogP contribution >= 0.6 is 0 Å². The highest BCUT2D eigenvalue weighted by molar-refractivity contribution is 6.02. The summed E-state index contributed by atoms with van der Waals surface area (Å²) < 4.78 is 4.94. The van der Waals surface area contributed by atoms with Crippen LogP contribution in [0.3, 0.4) is 0 Å². The van der Waals surface area contributed by atoms with E-state index in [0.29, 0.717) is 33.7 Å². The number of ether oxygens (including phenoxy) is 1. The van der Waals surface area contributed by atoms with E-state index >= 15 is 0 Å². The summed E-state index contributed by atoms with van der Waals surface area (Å²) in [4.78, 5) is 40.6. The van der Waals surface area contributed by atoms with Gasteiger partial charge in [-0.05, 0) is 48.4 Å². The van der Waals surface area contributed by atoms with Gasteiger partial charge >= 0.3 is 6.09 Å². The molecule has 10 heteroatoms. The van der Waals surface area contributed by atoms with Gasteiger partial charge in [-0.25, -0.2) is 19.7 Å². The van der Waals surface area contributed by atoms with Crippen molar-refractivity contribution in [3.63, 3.8) is 0 Å². The standard InChI is InChI=1S/C23H23N7O3/c1-4-33-23(32)30-22-28-18-12-14(11-16(19(18)29-22)20-26-8-5-9-27-20)13-6-7-17(24-2)15(10-13)21(31)25-3/h5-12,24H,4H2,1-3H3,(H,25,31)(H2,28,29,30,32). The molecule has 168 valence electrons. The molecule has 2 aromatic carbocycles. The van der Waals surface area contributed by atoms with Gasteiger partial charge in [-0.1, -0.05) is 6.07 Å². The molecule has 0 saturated carbocycles. The van der Waals surface area contributed by atoms with Crippen LogP contribution in [-0.4, -0.2) is 52.6 Å². The Bertz CT molecular complexity index is 1320. The number of imidazole rings is 1. The van der Waals surface area contributed by atoms with Crippen LogP contribution in [0.4, 0.5) is 16.4 Å². The Labute approximate surface area is 189 Å². The minimum atomic E-state index is -0.604. The number of carbonyl (C=O) groups is 2. The van der Waals surface area contributed by atoms with Gasteiger partial charge in [0.25, 0.3) is 5.91 Å². The molecule has 0 bridgehead atoms. The van der Waals surface area contributed by atoms with Crippen LogP contribution in [-0.2, 0) is 4.74 Å². The zero-order valence-electron chi connectivity index (χ0n) is 18.4. The quantitative estimate of drug-likeness (QED) is 0.356. The molecule has 0 fully saturated rings. The van der Waals surface area contributed by atoms with Crippen molar-refractivity contribution in [2.45, 2.75) is 6.92 Å². The smallest absolute Gasteiger partial charge is 0.413 e. The van der Waals surface area contributed by atoms with E-state index in [4.69, 9.17) is 4.74 Å². The normalized spacial score (nSPS) is 10.6. The Morgan fingerprint density at radius 3 is 2.55 bits per heavy atom. The first kappa shape index (κ1) is 21.8. The molecular formula is C23H23N7O3. The zero-order chi connectivity index (χ0) is 23.4. The molecule has 0 radical (unpaired) electrons. The second-order valence-electron chi connectivity index (χ2n) is 7.01. The van der Waals surface area contributed by atoms with Gasteiger partial charge in [-0.2, -0.15) is 0 Å². The SMILES string of the molecule is CCOC(=O)Nc1nc2c(-c3ncccn3)cc(-c3ccc(NC)c(C(=O)NC)c3)cc2[nH]1. The first-order chi connectivity index (χ1) is 16.0. The predicted octanol–water partition coefficient (Wildman–Crippen LogP) is 3.66. The third kappa shape index (κ3) is 4.45. The average molecular weight is 445 g/mol. The molecule has 0 aliphatic heterocycles. The fourth-order valence-corrected chi connectivity index (χ4v) is 3.48. The number of nitrogens with zero attached hydrogens (tertiary/aromatic N) is 3. The Balaban J connectivity index is 1.88. The van der Waals surface area contributed by atoms with E-state index in [2.05, 4.69) is 35.9 Å². The van der Waals surface area contributed by atoms with Crippen LogP contribution < -0.4 is 16.0 Å². The molecule has 2 aromatic heterocycles. The number of nitrogens with one attached hydrogen (secondary N) is 4. The largest absolute Gasteiger partial charge is 0.450 e. The van der Waals surface area contributed by atoms with Crippen molar-refractivity contribution in [3.8, 4) is 22.5 Å². The van der Waals surface area contributed by atoms with Gasteiger partial charge in [0.15, 0.2) is 5.82 Å². The van der Waals surface area contributed by atoms with E-state index in [1.165, 1.54) is 0 Å². The number of hydrogen-bond donors (Lipinski definition) is 4. The summed E-state index contributed by atoms with van der Waals surface area (Å²) in [6, 6.07) is 11.1. The van der Waals surface area contributed by atoms with Crippen LogP contribution in [0.1, 0.15) is 17.3 Å². The summed E-state index contributed by atoms with van der Waals surface area (Å²) in [6.45, 7) is 1.97. The maximum absolute atomic E-state index is 12.4. The fraction of sp³-hybridized carbons (Fsp3) is 0.174. The van der Waals surface area contributed by atoms with Crippen molar-refractivity contribution in [2.75, 3.05) is 31.3 Å². The molecule has 4 N–H and O–H groups in total. The van der Waals surface area contributed by atoms with Gasteiger partial charge in [0, 0.05) is 37.7 Å². The second kappa shape index (κ2) is 9.35. The monoisotopic (exact) mass is 445 g/mol. The number of H-pyrrole nitrogens is 1. The summed E-state index contributed by atoms with van der Waals surface area (Å²) in [6.07, 6.45) is 2.69. The Morgan fingerprint density at radius 2 is 1.85 bits per heavy atom. The summed E-state index contributed by atoms with van der Waals surface area (Å²) in [7, 11) is 3.36. The Morgan fingerprint density at radius 1 is 1.06 bits per heavy atom. The third-order valence-electron chi connectivity index (χ3n) is 4.98. The highest BCUT2D eigenvalue weighted by Crippen LogP contribution is 2.33. The van der Waals surface area contributed by atoms with E-state index in [1.807, 2.05) is 30.3 Å². The number of aromatic nitrogens is 4. The summed E-state index contributed by atoms with van der Waals surface area (Å²) in [5, 5.41) is 8.29. The average Bonchev–Trinajstić information content (AvgIpc) is 3.25. The van der Waals surface area contributed by atoms with Crippen LogP contribution in [0.2, 0.25) is 0 Å². The van der Waals surface area contributed by atoms with Gasteiger partial charge < -0.3 is 20.4 Å². The number of benzene rings is 2. The third-order valence-corrected chi connectivity index (χ3v) is 4.98. The number of amides is 2. The summed E-state index contributed by atoms with van der Waals surface area (Å²) in [5.74, 6) is 0.530. The maximum atomic E-state index is 12.4. The molecule has 2 amide bonds. The Hall–Kier alpha value is -4.47. The minimum absolute atomic E-state index is 0.198. The van der Waals surface area contributed by atoms with Gasteiger partial charge in [0.05, 0.1) is 17.7 Å². The van der Waals surface area contributed by atoms with Gasteiger partial charge in [0.1, 0.15) is 5.52 Å². The molecule has 0 aliphatic carbocycles. The molecule has 2 heterocycles. The highest BCUT2D eigenvalue weighted by atomic mass is 16.5. The lowest BCUT2D eigenvalue weighted by Gasteiger charge is -2.12. The second-order valence-corrected chi connectivity index (χ2v) is 7.01. The molecular weight excluding hydrogens is 422 g/mol. The van der Waals surface area contributed by atoms with Crippen LogP contribution in [0.15, 0.2) is 48.8 Å². The first-order valence-corrected chi connectivity index (χ1v) is 10.3. The van der Waals surface area contributed by atoms with Crippen LogP contribution in [0.5, 0.6) is 0 Å². The van der Waals surface area contributed by atoms with Gasteiger partial charge in [0.2, 0.25) is 5.95 Å². The van der Waals surface area contributed by atoms with E-state index in [-0.39, 0.29) is 18.5 Å². The lowest BCUT2D eigenvalue weighted by Crippen LogP contribution is -2.19. The maximum Gasteiger partial charge on any atom is 0.413 e. The number of fused-ring (bicyclic) bond motifs is 1. The van der Waals surface area contributed by atoms with Crippen molar-refractivity contribution >= 4 is 34.7 Å². The van der Waals surface area contributed by atoms with Crippen molar-refractivity contribution < 1.29 is 14.3 Å². The number of hydrogen-bond acceptors (Lipinski definition) is 7. The highest BCUT2D eigenvalue weighted by Gasteiger charge is 2.17. The van der Waals surface area contributed by atoms with Crippen molar-refractivity contribution in [1.82, 2.24) is 25.3 Å². The zero-order valence-corrected chi connectivity index (χ0v) is 18.4. The van der Waals surface area contributed by atoms with E-state index in [9.17, 15) is 9.59 Å². The van der Waals surface area contributed by atoms with Gasteiger partial charge in [-0.15, -0.1) is 0 Å². The lowest BCUT2D eigenvalue weighted by atomic mass is 9.98. The molecule has 0 saturated heterocycles. The molecule has 0 atom stereocenters. The van der Waals surface area contributed by atoms with E-state index in [0.717, 1.165) is 11.1 Å². The Kier molecular flexibility index (Phi) is 6.16. The molecule has 10 nitrogen and oxygen atoms in total. The first-order valence-electron chi connectivity index (χ1n) is 10.3.